The molecule has 1 N–H and O–H groups in total. The SMILES string of the molecule is C#Cc1cccc(C(CN2CCCC2)N(C)C(=O)Cc2ccc3ncc(=O)[nH]c3c2)c1. The van der Waals surface area contributed by atoms with Crippen LogP contribution in [0.25, 0.3) is 11.0 Å². The summed E-state index contributed by atoms with van der Waals surface area (Å²) in [5, 5.41) is 0. The summed E-state index contributed by atoms with van der Waals surface area (Å²) in [6.45, 7) is 2.89. The molecule has 2 aromatic carbocycles. The first-order chi connectivity index (χ1) is 15.0. The van der Waals surface area contributed by atoms with E-state index in [1.807, 2.05) is 54.4 Å². The fraction of sp³-hybridized carbons (Fsp3) is 0.320. The van der Waals surface area contributed by atoms with Gasteiger partial charge in [0.15, 0.2) is 0 Å². The molecule has 3 aromatic rings. The maximum absolute atomic E-state index is 13.2. The molecular formula is C25H26N4O2. The minimum absolute atomic E-state index is 0.0147. The molecule has 1 aliphatic heterocycles. The van der Waals surface area contributed by atoms with Gasteiger partial charge in [-0.05, 0) is 61.3 Å². The zero-order chi connectivity index (χ0) is 21.8. The van der Waals surface area contributed by atoms with Crippen LogP contribution in [0.15, 0.2) is 53.5 Å². The molecule has 1 aliphatic rings. The third kappa shape index (κ3) is 4.84. The highest BCUT2D eigenvalue weighted by Crippen LogP contribution is 2.25. The number of terminal acetylenes is 1. The lowest BCUT2D eigenvalue weighted by Gasteiger charge is -2.32. The predicted molar refractivity (Wildman–Crippen MR) is 122 cm³/mol. The van der Waals surface area contributed by atoms with Crippen LogP contribution in [0.5, 0.6) is 0 Å². The summed E-state index contributed by atoms with van der Waals surface area (Å²) in [6.07, 6.45) is 9.49. The van der Waals surface area contributed by atoms with E-state index in [0.717, 1.165) is 36.3 Å². The molecule has 6 nitrogen and oxygen atoms in total. The Hall–Kier alpha value is -3.43. The first-order valence-corrected chi connectivity index (χ1v) is 10.6. The molecule has 0 aliphatic carbocycles. The Bertz CT molecular complexity index is 1190. The van der Waals surface area contributed by atoms with E-state index in [1.165, 1.54) is 19.0 Å². The number of likely N-dealkylation sites (N-methyl/N-ethyl adjacent to an activating group) is 1. The van der Waals surface area contributed by atoms with Crippen LogP contribution in [-0.2, 0) is 11.2 Å². The number of fused-ring (bicyclic) bond motifs is 1. The molecule has 1 amide bonds. The molecule has 4 rings (SSSR count). The number of amides is 1. The van der Waals surface area contributed by atoms with E-state index < -0.39 is 0 Å². The molecule has 1 fully saturated rings. The van der Waals surface area contributed by atoms with Gasteiger partial charge in [0.2, 0.25) is 5.91 Å². The van der Waals surface area contributed by atoms with E-state index in [4.69, 9.17) is 6.42 Å². The van der Waals surface area contributed by atoms with Crippen molar-refractivity contribution in [1.29, 1.82) is 0 Å². The number of carbonyl (C=O) groups is 1. The lowest BCUT2D eigenvalue weighted by Crippen LogP contribution is -2.39. The minimum atomic E-state index is -0.257. The minimum Gasteiger partial charge on any atom is -0.337 e. The molecule has 0 spiro atoms. The van der Waals surface area contributed by atoms with Gasteiger partial charge in [-0.15, -0.1) is 6.42 Å². The maximum atomic E-state index is 13.2. The maximum Gasteiger partial charge on any atom is 0.266 e. The monoisotopic (exact) mass is 414 g/mol. The molecule has 2 heterocycles. The lowest BCUT2D eigenvalue weighted by molar-refractivity contribution is -0.131. The second-order valence-corrected chi connectivity index (χ2v) is 8.07. The number of likely N-dealkylation sites (tertiary alicyclic amines) is 1. The van der Waals surface area contributed by atoms with Crippen molar-refractivity contribution in [3.63, 3.8) is 0 Å². The molecule has 1 atom stereocenters. The Morgan fingerprint density at radius 2 is 2.06 bits per heavy atom. The van der Waals surface area contributed by atoms with Crippen LogP contribution < -0.4 is 5.56 Å². The standard InChI is InChI=1S/C25H26N4O2/c1-3-18-7-6-8-20(13-18)23(17-29-11-4-5-12-29)28(2)25(31)15-19-9-10-21-22(14-19)27-24(30)16-26-21/h1,6-10,13-14,16,23H,4-5,11-12,15,17H2,2H3,(H,27,30). The summed E-state index contributed by atoms with van der Waals surface area (Å²) < 4.78 is 0. The van der Waals surface area contributed by atoms with Gasteiger partial charge in [0.1, 0.15) is 0 Å². The summed E-state index contributed by atoms with van der Waals surface area (Å²) in [7, 11) is 1.86. The number of H-pyrrole nitrogens is 1. The molecule has 6 heteroatoms. The Kier molecular flexibility index (Phi) is 6.15. The van der Waals surface area contributed by atoms with Crippen molar-refractivity contribution in [1.82, 2.24) is 19.8 Å². The Morgan fingerprint density at radius 3 is 2.84 bits per heavy atom. The van der Waals surface area contributed by atoms with E-state index >= 15 is 0 Å². The number of nitrogens with one attached hydrogen (secondary N) is 1. The van der Waals surface area contributed by atoms with Crippen molar-refractivity contribution in [2.75, 3.05) is 26.7 Å². The normalized spacial score (nSPS) is 15.0. The Labute approximate surface area is 181 Å². The fourth-order valence-corrected chi connectivity index (χ4v) is 4.17. The summed E-state index contributed by atoms with van der Waals surface area (Å²) in [6, 6.07) is 13.3. The predicted octanol–water partition coefficient (Wildman–Crippen LogP) is 2.74. The third-order valence-electron chi connectivity index (χ3n) is 5.92. The van der Waals surface area contributed by atoms with Gasteiger partial charge in [0.05, 0.1) is 29.7 Å². The number of nitrogens with zero attached hydrogens (tertiary/aromatic N) is 3. The van der Waals surface area contributed by atoms with Gasteiger partial charge in [0.25, 0.3) is 5.56 Å². The molecule has 1 saturated heterocycles. The highest BCUT2D eigenvalue weighted by Gasteiger charge is 2.26. The summed E-state index contributed by atoms with van der Waals surface area (Å²) >= 11 is 0. The van der Waals surface area contributed by atoms with Gasteiger partial charge in [-0.1, -0.05) is 24.1 Å². The molecule has 1 unspecified atom stereocenters. The van der Waals surface area contributed by atoms with E-state index in [1.54, 1.807) is 0 Å². The molecular weight excluding hydrogens is 388 g/mol. The zero-order valence-corrected chi connectivity index (χ0v) is 17.7. The second kappa shape index (κ2) is 9.15. The van der Waals surface area contributed by atoms with Crippen LogP contribution >= 0.6 is 0 Å². The van der Waals surface area contributed by atoms with Gasteiger partial charge in [-0.3, -0.25) is 9.59 Å². The van der Waals surface area contributed by atoms with Gasteiger partial charge in [-0.25, -0.2) is 4.98 Å². The topological polar surface area (TPSA) is 69.3 Å². The number of rotatable bonds is 6. The van der Waals surface area contributed by atoms with Gasteiger partial charge < -0.3 is 14.8 Å². The van der Waals surface area contributed by atoms with Crippen LogP contribution in [0.4, 0.5) is 0 Å². The average molecular weight is 415 g/mol. The van der Waals surface area contributed by atoms with Crippen molar-refractivity contribution in [3.05, 3.63) is 75.7 Å². The van der Waals surface area contributed by atoms with E-state index in [-0.39, 0.29) is 23.9 Å². The first kappa shape index (κ1) is 20.8. The molecule has 31 heavy (non-hydrogen) atoms. The molecule has 158 valence electrons. The number of carbonyl (C=O) groups excluding carboxylic acids is 1. The molecule has 0 saturated carbocycles. The molecule has 0 radical (unpaired) electrons. The fourth-order valence-electron chi connectivity index (χ4n) is 4.17. The van der Waals surface area contributed by atoms with Gasteiger partial charge in [-0.2, -0.15) is 0 Å². The second-order valence-electron chi connectivity index (χ2n) is 8.07. The van der Waals surface area contributed by atoms with Crippen LogP contribution in [0.3, 0.4) is 0 Å². The van der Waals surface area contributed by atoms with Crippen molar-refractivity contribution in [3.8, 4) is 12.3 Å². The highest BCUT2D eigenvalue weighted by molar-refractivity contribution is 5.81. The quantitative estimate of drug-likeness (QED) is 0.630. The van der Waals surface area contributed by atoms with E-state index in [9.17, 15) is 9.59 Å². The van der Waals surface area contributed by atoms with E-state index in [0.29, 0.717) is 11.0 Å². The number of aromatic amines is 1. The largest absolute Gasteiger partial charge is 0.337 e. The smallest absolute Gasteiger partial charge is 0.266 e. The van der Waals surface area contributed by atoms with Crippen molar-refractivity contribution < 1.29 is 4.79 Å². The zero-order valence-electron chi connectivity index (χ0n) is 17.7. The van der Waals surface area contributed by atoms with Crippen molar-refractivity contribution in [2.24, 2.45) is 0 Å². The number of hydrogen-bond acceptors (Lipinski definition) is 4. The van der Waals surface area contributed by atoms with Crippen molar-refractivity contribution >= 4 is 16.9 Å². The number of hydrogen-bond donors (Lipinski definition) is 1. The summed E-state index contributed by atoms with van der Waals surface area (Å²) in [4.78, 5) is 35.9. The third-order valence-corrected chi connectivity index (χ3v) is 5.92. The van der Waals surface area contributed by atoms with Crippen LogP contribution in [0.2, 0.25) is 0 Å². The van der Waals surface area contributed by atoms with Gasteiger partial charge in [0, 0.05) is 19.2 Å². The molecule has 0 bridgehead atoms. The number of benzene rings is 2. The highest BCUT2D eigenvalue weighted by atomic mass is 16.2. The summed E-state index contributed by atoms with van der Waals surface area (Å²) in [5.41, 5.74) is 3.77. The van der Waals surface area contributed by atoms with Crippen LogP contribution in [0, 0.1) is 12.3 Å². The average Bonchev–Trinajstić information content (AvgIpc) is 3.30. The van der Waals surface area contributed by atoms with Crippen molar-refractivity contribution in [2.45, 2.75) is 25.3 Å². The van der Waals surface area contributed by atoms with Crippen LogP contribution in [0.1, 0.15) is 35.6 Å². The molecule has 1 aromatic heterocycles. The van der Waals surface area contributed by atoms with E-state index in [2.05, 4.69) is 20.8 Å². The Balaban J connectivity index is 1.57. The van der Waals surface area contributed by atoms with Crippen LogP contribution in [-0.4, -0.2) is 52.4 Å². The Morgan fingerprint density at radius 1 is 1.26 bits per heavy atom. The van der Waals surface area contributed by atoms with Gasteiger partial charge >= 0.3 is 0 Å². The summed E-state index contributed by atoms with van der Waals surface area (Å²) in [5.74, 6) is 2.71. The first-order valence-electron chi connectivity index (χ1n) is 10.6. The lowest BCUT2D eigenvalue weighted by atomic mass is 10.0. The number of aromatic nitrogens is 2.